The molecule has 2 amide bonds. The monoisotopic (exact) mass is 382 g/mol. The van der Waals surface area contributed by atoms with Crippen molar-refractivity contribution in [3.63, 3.8) is 0 Å². The molecule has 0 aliphatic carbocycles. The van der Waals surface area contributed by atoms with Gasteiger partial charge in [0.25, 0.3) is 0 Å². The molecule has 0 radical (unpaired) electrons. The summed E-state index contributed by atoms with van der Waals surface area (Å²) in [6, 6.07) is 10.2. The van der Waals surface area contributed by atoms with Gasteiger partial charge in [0.15, 0.2) is 0 Å². The van der Waals surface area contributed by atoms with E-state index in [9.17, 15) is 9.59 Å². The van der Waals surface area contributed by atoms with Crippen molar-refractivity contribution < 1.29 is 9.59 Å². The van der Waals surface area contributed by atoms with E-state index >= 15 is 0 Å². The molecule has 2 aliphatic heterocycles. The van der Waals surface area contributed by atoms with Gasteiger partial charge in [-0.3, -0.25) is 9.59 Å². The van der Waals surface area contributed by atoms with Crippen molar-refractivity contribution in [2.45, 2.75) is 50.7 Å². The summed E-state index contributed by atoms with van der Waals surface area (Å²) in [6.45, 7) is 0.453. The number of benzene rings is 1. The van der Waals surface area contributed by atoms with E-state index in [1.54, 1.807) is 9.58 Å². The van der Waals surface area contributed by atoms with Crippen molar-refractivity contribution in [2.75, 3.05) is 14.1 Å². The van der Waals surface area contributed by atoms with Crippen LogP contribution in [0, 0.1) is 5.41 Å². The van der Waals surface area contributed by atoms with Crippen LogP contribution in [0.2, 0.25) is 0 Å². The molecule has 2 fully saturated rings. The third-order valence-electron chi connectivity index (χ3n) is 6.17. The van der Waals surface area contributed by atoms with Gasteiger partial charge in [-0.1, -0.05) is 30.3 Å². The van der Waals surface area contributed by atoms with E-state index in [4.69, 9.17) is 0 Å². The molecule has 1 aromatic heterocycles. The van der Waals surface area contributed by atoms with Gasteiger partial charge >= 0.3 is 0 Å². The fourth-order valence-corrected chi connectivity index (χ4v) is 5.08. The first-order valence-corrected chi connectivity index (χ1v) is 9.79. The van der Waals surface area contributed by atoms with Gasteiger partial charge in [0, 0.05) is 32.6 Å². The number of fused-ring (bicyclic) bond motifs is 2. The number of carbonyl (C=O) groups excluding carboxylic acids is 2. The van der Waals surface area contributed by atoms with E-state index in [-0.39, 0.29) is 23.9 Å². The van der Waals surface area contributed by atoms with Crippen molar-refractivity contribution in [2.24, 2.45) is 5.41 Å². The number of aromatic nitrogens is 4. The first-order valence-electron chi connectivity index (χ1n) is 9.79. The molecule has 2 bridgehead atoms. The van der Waals surface area contributed by atoms with Crippen molar-refractivity contribution in [1.82, 2.24) is 30.0 Å². The Balaban J connectivity index is 1.58. The van der Waals surface area contributed by atoms with Crippen LogP contribution >= 0.6 is 0 Å². The maximum Gasteiger partial charge on any atom is 0.230 e. The number of tetrazole rings is 1. The molecule has 148 valence electrons. The number of aryl methyl sites for hydroxylation is 1. The first-order chi connectivity index (χ1) is 13.5. The summed E-state index contributed by atoms with van der Waals surface area (Å²) in [4.78, 5) is 30.1. The molecule has 0 spiro atoms. The third kappa shape index (κ3) is 3.16. The lowest BCUT2D eigenvalue weighted by Crippen LogP contribution is -2.50. The highest BCUT2D eigenvalue weighted by molar-refractivity contribution is 5.87. The van der Waals surface area contributed by atoms with Crippen LogP contribution in [0.3, 0.4) is 0 Å². The topological polar surface area (TPSA) is 84.2 Å². The molecular formula is C20H26N6O2. The van der Waals surface area contributed by atoms with Crippen molar-refractivity contribution in [3.8, 4) is 0 Å². The highest BCUT2D eigenvalue weighted by atomic mass is 16.2. The second-order valence-corrected chi connectivity index (χ2v) is 8.09. The second-order valence-electron chi connectivity index (χ2n) is 8.09. The van der Waals surface area contributed by atoms with Gasteiger partial charge in [0.1, 0.15) is 6.33 Å². The van der Waals surface area contributed by atoms with Gasteiger partial charge in [-0.2, -0.15) is 0 Å². The van der Waals surface area contributed by atoms with Gasteiger partial charge in [-0.15, -0.1) is 5.10 Å². The van der Waals surface area contributed by atoms with Crippen molar-refractivity contribution >= 4 is 11.8 Å². The number of carbonyl (C=O) groups is 2. The normalized spacial score (nSPS) is 25.9. The van der Waals surface area contributed by atoms with Gasteiger partial charge in [-0.05, 0) is 41.7 Å². The predicted octanol–water partition coefficient (Wildman–Crippen LogP) is 1.14. The Labute approximate surface area is 164 Å². The summed E-state index contributed by atoms with van der Waals surface area (Å²) >= 11 is 0. The fraction of sp³-hybridized carbons (Fsp3) is 0.550. The Hall–Kier alpha value is -2.77. The molecule has 0 N–H and O–H groups in total. The van der Waals surface area contributed by atoms with Gasteiger partial charge < -0.3 is 9.80 Å². The molecule has 28 heavy (non-hydrogen) atoms. The Morgan fingerprint density at radius 2 is 2.00 bits per heavy atom. The van der Waals surface area contributed by atoms with E-state index in [2.05, 4.69) is 27.7 Å². The Morgan fingerprint density at radius 3 is 2.68 bits per heavy atom. The predicted molar refractivity (Wildman–Crippen MR) is 102 cm³/mol. The standard InChI is InChI=1S/C20H26N6O2/c1-24(2)19(28)20(12-15-6-4-3-5-7-15)13-16-8-9-17(20)26(16)18(27)10-11-25-14-21-22-23-25/h3-7,14,16-17H,8-13H2,1-2H3/t16-,17+,20+/m0/s1. The van der Waals surface area contributed by atoms with Gasteiger partial charge in [0.2, 0.25) is 11.8 Å². The molecule has 0 saturated carbocycles. The van der Waals surface area contributed by atoms with E-state index in [0.29, 0.717) is 19.4 Å². The highest BCUT2D eigenvalue weighted by Crippen LogP contribution is 2.52. The average Bonchev–Trinajstić information content (AvgIpc) is 3.42. The summed E-state index contributed by atoms with van der Waals surface area (Å²) in [5, 5.41) is 11.0. The fourth-order valence-electron chi connectivity index (χ4n) is 5.08. The molecule has 2 saturated heterocycles. The summed E-state index contributed by atoms with van der Waals surface area (Å²) in [7, 11) is 3.62. The SMILES string of the molecule is CN(C)C(=O)[C@]1(Cc2ccccc2)C[C@@H]2CC[C@H]1N2C(=O)CCn1cnnn1. The molecule has 2 aromatic rings. The van der Waals surface area contributed by atoms with E-state index in [1.165, 1.54) is 6.33 Å². The Kier molecular flexibility index (Phi) is 4.87. The zero-order valence-corrected chi connectivity index (χ0v) is 16.4. The number of nitrogens with zero attached hydrogens (tertiary/aromatic N) is 6. The van der Waals surface area contributed by atoms with Crippen LogP contribution in [0.4, 0.5) is 0 Å². The quantitative estimate of drug-likeness (QED) is 0.748. The lowest BCUT2D eigenvalue weighted by Gasteiger charge is -2.38. The largest absolute Gasteiger partial charge is 0.348 e. The third-order valence-corrected chi connectivity index (χ3v) is 6.17. The first kappa shape index (κ1) is 18.6. The molecule has 4 rings (SSSR count). The zero-order chi connectivity index (χ0) is 19.7. The van der Waals surface area contributed by atoms with Crippen LogP contribution in [-0.2, 0) is 22.6 Å². The molecule has 3 atom stereocenters. The lowest BCUT2D eigenvalue weighted by molar-refractivity contribution is -0.143. The summed E-state index contributed by atoms with van der Waals surface area (Å²) < 4.78 is 1.57. The van der Waals surface area contributed by atoms with Gasteiger partial charge in [-0.25, -0.2) is 4.68 Å². The van der Waals surface area contributed by atoms with Crippen molar-refractivity contribution in [3.05, 3.63) is 42.2 Å². The number of hydrogen-bond donors (Lipinski definition) is 0. The van der Waals surface area contributed by atoms with E-state index in [0.717, 1.165) is 24.8 Å². The molecule has 2 aliphatic rings. The number of amides is 2. The minimum atomic E-state index is -0.543. The van der Waals surface area contributed by atoms with E-state index in [1.807, 2.05) is 37.2 Å². The van der Waals surface area contributed by atoms with Crippen LogP contribution in [0.5, 0.6) is 0 Å². The van der Waals surface area contributed by atoms with Gasteiger partial charge in [0.05, 0.1) is 12.0 Å². The zero-order valence-electron chi connectivity index (χ0n) is 16.4. The summed E-state index contributed by atoms with van der Waals surface area (Å²) in [6.07, 6.45) is 5.12. The maximum atomic E-state index is 13.3. The van der Waals surface area contributed by atoms with Crippen LogP contribution < -0.4 is 0 Å². The molecule has 8 heteroatoms. The molecule has 8 nitrogen and oxygen atoms in total. The van der Waals surface area contributed by atoms with Crippen LogP contribution in [0.25, 0.3) is 0 Å². The Bertz CT molecular complexity index is 838. The average molecular weight is 382 g/mol. The van der Waals surface area contributed by atoms with Crippen LogP contribution in [0.1, 0.15) is 31.2 Å². The number of rotatable bonds is 6. The smallest absolute Gasteiger partial charge is 0.230 e. The Morgan fingerprint density at radius 1 is 1.21 bits per heavy atom. The van der Waals surface area contributed by atoms with Crippen LogP contribution in [0.15, 0.2) is 36.7 Å². The summed E-state index contributed by atoms with van der Waals surface area (Å²) in [5.41, 5.74) is 0.601. The second kappa shape index (κ2) is 7.33. The van der Waals surface area contributed by atoms with Crippen molar-refractivity contribution in [1.29, 1.82) is 0 Å². The minimum Gasteiger partial charge on any atom is -0.348 e. The minimum absolute atomic E-state index is 0.0472. The lowest BCUT2D eigenvalue weighted by atomic mass is 9.69. The molecule has 3 heterocycles. The molecule has 1 aromatic carbocycles. The molecular weight excluding hydrogens is 356 g/mol. The van der Waals surface area contributed by atoms with Crippen LogP contribution in [-0.4, -0.2) is 68.0 Å². The van der Waals surface area contributed by atoms with E-state index < -0.39 is 5.41 Å². The molecule has 0 unspecified atom stereocenters. The maximum absolute atomic E-state index is 13.3. The highest BCUT2D eigenvalue weighted by Gasteiger charge is 2.61. The number of hydrogen-bond acceptors (Lipinski definition) is 5. The summed E-state index contributed by atoms with van der Waals surface area (Å²) in [5.74, 6) is 0.214.